The fourth-order valence-corrected chi connectivity index (χ4v) is 9.10. The average Bonchev–Trinajstić information content (AvgIpc) is 3.14. The number of alkyl halides is 3. The quantitative estimate of drug-likeness (QED) is 0.188. The van der Waals surface area contributed by atoms with Crippen molar-refractivity contribution in [3.05, 3.63) is 63.3 Å². The number of nitrogens with one attached hydrogen (secondary N) is 1. The van der Waals surface area contributed by atoms with Crippen LogP contribution < -0.4 is 14.6 Å². The van der Waals surface area contributed by atoms with E-state index in [0.717, 1.165) is 46.9 Å². The van der Waals surface area contributed by atoms with Gasteiger partial charge < -0.3 is 33.7 Å². The number of carbonyl (C=O) groups is 3. The van der Waals surface area contributed by atoms with Crippen LogP contribution in [0.15, 0.2) is 41.3 Å². The van der Waals surface area contributed by atoms with Gasteiger partial charge in [0, 0.05) is 67.5 Å². The number of halogens is 5. The van der Waals surface area contributed by atoms with Gasteiger partial charge in [0.05, 0.1) is 32.7 Å². The summed E-state index contributed by atoms with van der Waals surface area (Å²) in [6.45, 7) is 6.75. The molecule has 1 N–H and O–H groups in total. The van der Waals surface area contributed by atoms with Gasteiger partial charge in [0.25, 0.3) is 0 Å². The highest BCUT2D eigenvalue weighted by Gasteiger charge is 2.47. The molecular formula is C39H50Cl2F3N5O8S. The molecule has 19 heteroatoms. The van der Waals surface area contributed by atoms with Gasteiger partial charge >= 0.3 is 6.18 Å². The lowest BCUT2D eigenvalue weighted by molar-refractivity contribution is -0.870. The average molecular weight is 877 g/mol. The van der Waals surface area contributed by atoms with Crippen molar-refractivity contribution in [3.8, 4) is 5.75 Å². The molecule has 58 heavy (non-hydrogen) atoms. The molecule has 0 radical (unpaired) electrons. The zero-order valence-electron chi connectivity index (χ0n) is 33.2. The second-order valence-electron chi connectivity index (χ2n) is 15.4. The number of pyridine rings is 1. The third-order valence-corrected chi connectivity index (χ3v) is 12.4. The Morgan fingerprint density at radius 3 is 2.21 bits per heavy atom. The van der Waals surface area contributed by atoms with Crippen molar-refractivity contribution >= 4 is 61.9 Å². The van der Waals surface area contributed by atoms with Gasteiger partial charge in [0.1, 0.15) is 34.3 Å². The van der Waals surface area contributed by atoms with Crippen LogP contribution in [0.1, 0.15) is 55.3 Å². The Hall–Kier alpha value is -3.74. The zero-order chi connectivity index (χ0) is 43.1. The normalized spacial score (nSPS) is 16.1. The maximum atomic E-state index is 14.2. The van der Waals surface area contributed by atoms with E-state index in [1.807, 2.05) is 32.0 Å². The number of aromatic nitrogens is 1. The number of nitrogens with zero attached hydrogens (tertiary/aromatic N) is 4. The number of aryl methyl sites for hydroxylation is 2. The molecule has 2 saturated heterocycles. The van der Waals surface area contributed by atoms with E-state index in [0.29, 0.717) is 49.4 Å². The van der Waals surface area contributed by atoms with Gasteiger partial charge in [-0.1, -0.05) is 35.3 Å². The number of rotatable bonds is 13. The van der Waals surface area contributed by atoms with E-state index in [-0.39, 0.29) is 59.4 Å². The summed E-state index contributed by atoms with van der Waals surface area (Å²) >= 11 is 13.3. The molecule has 13 nitrogen and oxygen atoms in total. The van der Waals surface area contributed by atoms with Crippen molar-refractivity contribution in [2.45, 2.75) is 75.6 Å². The molecule has 0 saturated carbocycles. The van der Waals surface area contributed by atoms with Gasteiger partial charge in [-0.3, -0.25) is 9.59 Å². The van der Waals surface area contributed by atoms with Crippen LogP contribution in [0.25, 0.3) is 10.9 Å². The molecule has 2 aromatic carbocycles. The summed E-state index contributed by atoms with van der Waals surface area (Å²) in [5.41, 5.74) is 1.45. The number of carbonyl (C=O) groups excluding carboxylic acids is 3. The first-order valence-electron chi connectivity index (χ1n) is 18.8. The smallest absolute Gasteiger partial charge is 0.430 e. The summed E-state index contributed by atoms with van der Waals surface area (Å²) in [5.74, 6) is -2.73. The number of sulfonamides is 1. The summed E-state index contributed by atoms with van der Waals surface area (Å²) in [6.07, 6.45) is -1.49. The number of hydrogen-bond donors (Lipinski definition) is 1. The highest BCUT2D eigenvalue weighted by atomic mass is 35.5. The van der Waals surface area contributed by atoms with Crippen molar-refractivity contribution in [3.63, 3.8) is 0 Å². The minimum absolute atomic E-state index is 0.0881. The van der Waals surface area contributed by atoms with E-state index >= 15 is 0 Å². The van der Waals surface area contributed by atoms with Crippen molar-refractivity contribution in [1.29, 1.82) is 0 Å². The van der Waals surface area contributed by atoms with E-state index in [9.17, 15) is 31.2 Å². The van der Waals surface area contributed by atoms with E-state index in [4.69, 9.17) is 42.6 Å². The lowest BCUT2D eigenvalue weighted by Gasteiger charge is -2.43. The molecule has 0 atom stereocenters. The van der Waals surface area contributed by atoms with Gasteiger partial charge in [0.15, 0.2) is 0 Å². The number of quaternary nitrogens is 1. The topological polar surface area (TPSA) is 158 Å². The molecule has 2 aliphatic heterocycles. The molecule has 2 aliphatic rings. The lowest BCUT2D eigenvalue weighted by Crippen LogP contribution is -2.64. The zero-order valence-corrected chi connectivity index (χ0v) is 35.5. The van der Waals surface area contributed by atoms with E-state index in [2.05, 4.69) is 30.8 Å². The molecule has 0 spiro atoms. The Labute approximate surface area is 347 Å². The van der Waals surface area contributed by atoms with E-state index in [1.165, 1.54) is 12.1 Å². The third-order valence-electron chi connectivity index (χ3n) is 9.91. The van der Waals surface area contributed by atoms with Crippen molar-refractivity contribution in [1.82, 2.24) is 19.5 Å². The minimum atomic E-state index is -5.19. The Kier molecular flexibility index (Phi) is 15.8. The predicted molar refractivity (Wildman–Crippen MR) is 211 cm³/mol. The molecule has 3 aromatic rings. The summed E-state index contributed by atoms with van der Waals surface area (Å²) in [5, 5.41) is 9.88. The Bertz CT molecular complexity index is 2070. The molecular weight excluding hydrogens is 826 g/mol. The van der Waals surface area contributed by atoms with Crippen LogP contribution in [0.5, 0.6) is 5.75 Å². The molecule has 2 fully saturated rings. The first kappa shape index (κ1) is 46.9. The first-order valence-corrected chi connectivity index (χ1v) is 21.0. The lowest BCUT2D eigenvalue weighted by atomic mass is 9.89. The fourth-order valence-electron chi connectivity index (χ4n) is 6.79. The van der Waals surface area contributed by atoms with Crippen LogP contribution >= 0.6 is 23.2 Å². The highest BCUT2D eigenvalue weighted by molar-refractivity contribution is 7.89. The number of hydrogen-bond acceptors (Lipinski definition) is 9. The number of piperazine rings is 1. The van der Waals surface area contributed by atoms with Gasteiger partial charge in [-0.25, -0.2) is 13.4 Å². The van der Waals surface area contributed by atoms with Gasteiger partial charge in [-0.15, -0.1) is 0 Å². The fraction of sp³-hybridized carbons (Fsp3) is 0.538. The summed E-state index contributed by atoms with van der Waals surface area (Å²) in [4.78, 5) is 43.8. The maximum Gasteiger partial charge on any atom is 0.430 e. The largest absolute Gasteiger partial charge is 0.542 e. The molecule has 5 rings (SSSR count). The number of carboxylic acids is 1. The number of ether oxygens (including phenoxy) is 2. The molecule has 1 aromatic heterocycles. The number of amides is 2. The van der Waals surface area contributed by atoms with E-state index < -0.39 is 27.7 Å². The Morgan fingerprint density at radius 1 is 0.983 bits per heavy atom. The van der Waals surface area contributed by atoms with Crippen LogP contribution in [0.2, 0.25) is 10.0 Å². The van der Waals surface area contributed by atoms with Crippen molar-refractivity contribution in [2.75, 3.05) is 67.1 Å². The van der Waals surface area contributed by atoms with E-state index in [1.54, 1.807) is 15.9 Å². The maximum absolute atomic E-state index is 14.2. The standard InChI is InChI=1S/C37H50Cl2N5O6S.C2HF3O2/c1-26-24-27(2)40-35-28(26)10-9-11-31(35)50-25-29-30(38)13-14-32(34(29)39)51(47,48)41-37(15-22-49-23-16-37)36(46)43-19-17-42(18-20-43)33(45)12-7-6-8-21-44(3,4)5;3-2(4,5)1(6)7/h9-11,13-14,24,41H,6-8,12,15-23,25H2,1-5H3;(H,6,7)/q+1;/p-1. The number of benzene rings is 2. The third kappa shape index (κ3) is 12.4. The number of carboxylic acid groups (broad SMARTS) is 1. The van der Waals surface area contributed by atoms with Gasteiger partial charge in [0.2, 0.25) is 21.8 Å². The minimum Gasteiger partial charge on any atom is -0.542 e. The Morgan fingerprint density at radius 2 is 1.60 bits per heavy atom. The van der Waals surface area contributed by atoms with Gasteiger partial charge in [-0.2, -0.15) is 17.9 Å². The van der Waals surface area contributed by atoms with Crippen LogP contribution in [0.3, 0.4) is 0 Å². The molecule has 0 bridgehead atoms. The first-order chi connectivity index (χ1) is 27.0. The number of para-hydroxylation sites is 1. The summed E-state index contributed by atoms with van der Waals surface area (Å²) in [7, 11) is 2.16. The van der Waals surface area contributed by atoms with Crippen LogP contribution in [-0.4, -0.2) is 124 Å². The second kappa shape index (κ2) is 19.5. The van der Waals surface area contributed by atoms with Crippen molar-refractivity contribution < 1.29 is 55.0 Å². The number of fused-ring (bicyclic) bond motifs is 1. The van der Waals surface area contributed by atoms with Crippen molar-refractivity contribution in [2.24, 2.45) is 0 Å². The molecule has 0 aliphatic carbocycles. The molecule has 0 unspecified atom stereocenters. The number of aliphatic carboxylic acids is 1. The molecule has 320 valence electrons. The monoisotopic (exact) mass is 875 g/mol. The molecule has 3 heterocycles. The SMILES string of the molecule is Cc1cc(C)c2cccc(OCc3c(Cl)ccc(S(=O)(=O)NC4(C(=O)N5CCN(C(=O)CCCCC[N+](C)(C)C)CC5)CCOCC4)c3Cl)c2n1.O=C([O-])C(F)(F)F. The Balaban J connectivity index is 0.000000973. The summed E-state index contributed by atoms with van der Waals surface area (Å²) < 4.78 is 75.1. The van der Waals surface area contributed by atoms with Gasteiger partial charge in [-0.05, 0) is 75.8 Å². The van der Waals surface area contributed by atoms with Crippen LogP contribution in [-0.2, 0) is 35.8 Å². The number of unbranched alkanes of at least 4 members (excludes halogenated alkanes) is 2. The highest BCUT2D eigenvalue weighted by Crippen LogP contribution is 2.35. The second-order valence-corrected chi connectivity index (χ2v) is 17.9. The van der Waals surface area contributed by atoms with Crippen LogP contribution in [0.4, 0.5) is 13.2 Å². The van der Waals surface area contributed by atoms with Crippen LogP contribution in [0, 0.1) is 13.8 Å². The molecule has 2 amide bonds. The summed E-state index contributed by atoms with van der Waals surface area (Å²) in [6, 6.07) is 10.4. The predicted octanol–water partition coefficient (Wildman–Crippen LogP) is 4.80.